The predicted octanol–water partition coefficient (Wildman–Crippen LogP) is -5.23. The fraction of sp³-hybridized carbons (Fsp3) is 0.357. The molecule has 0 radical (unpaired) electrons. The Balaban J connectivity index is 0.00000280. The summed E-state index contributed by atoms with van der Waals surface area (Å²) in [5, 5.41) is 15.4. The molecule has 1 aromatic heterocycles. The molecule has 1 fully saturated rings. The van der Waals surface area contributed by atoms with Gasteiger partial charge in [-0.05, 0) is 0 Å². The molecule has 11 nitrogen and oxygen atoms in total. The van der Waals surface area contributed by atoms with E-state index in [-0.39, 0.29) is 59.6 Å². The Morgan fingerprint density at radius 2 is 2.14 bits per heavy atom. The number of nitrogens with zero attached hydrogens (tertiary/aromatic N) is 2. The molecule has 144 valence electrons. The molecule has 0 spiro atoms. The summed E-state index contributed by atoms with van der Waals surface area (Å²) in [4.78, 5) is 51.7. The molecule has 2 aliphatic heterocycles. The third kappa shape index (κ3) is 4.60. The first-order valence-electron chi connectivity index (χ1n) is 7.57. The van der Waals surface area contributed by atoms with E-state index in [2.05, 4.69) is 15.0 Å². The Labute approximate surface area is 189 Å². The number of hydrogen-bond donors (Lipinski definition) is 3. The zero-order valence-corrected chi connectivity index (χ0v) is 18.3. The molecule has 0 aliphatic carbocycles. The first-order valence-corrected chi connectivity index (χ1v) is 9.50. The standard InChI is InChI=1S/C14H15N5O6S2.Na/c15-13-17-6(4-27-13)1-7(20)18-8-10(21)19-9(12(22)23)5(2-25-14(16)24)3-26-11(8)19;/h4,8,11H,1-3H2,(H2,15,17)(H2,16,24)(H,18,20)(H,22,23);/q;+1/p-1/t8?,11-;/m0./s1. The van der Waals surface area contributed by atoms with Gasteiger partial charge in [0.05, 0.1) is 23.8 Å². The predicted molar refractivity (Wildman–Crippen MR) is 92.8 cm³/mol. The summed E-state index contributed by atoms with van der Waals surface area (Å²) in [6.45, 7) is -0.357. The summed E-state index contributed by atoms with van der Waals surface area (Å²) in [5.41, 5.74) is 10.7. The minimum absolute atomic E-state index is 0. The van der Waals surface area contributed by atoms with Crippen molar-refractivity contribution in [1.29, 1.82) is 0 Å². The third-order valence-corrected chi connectivity index (χ3v) is 5.92. The topological polar surface area (TPSA) is 181 Å². The van der Waals surface area contributed by atoms with E-state index in [9.17, 15) is 24.3 Å². The van der Waals surface area contributed by atoms with Gasteiger partial charge < -0.3 is 31.4 Å². The number of hydrogen-bond acceptors (Lipinski definition) is 10. The molecule has 2 aliphatic rings. The maximum absolute atomic E-state index is 12.4. The van der Waals surface area contributed by atoms with Crippen LogP contribution in [-0.4, -0.2) is 57.5 Å². The van der Waals surface area contributed by atoms with Crippen molar-refractivity contribution in [2.75, 3.05) is 18.1 Å². The van der Waals surface area contributed by atoms with Crippen LogP contribution in [0.15, 0.2) is 16.7 Å². The summed E-state index contributed by atoms with van der Waals surface area (Å²) in [5.74, 6) is -2.41. The van der Waals surface area contributed by atoms with Gasteiger partial charge in [-0.25, -0.2) is 9.78 Å². The van der Waals surface area contributed by atoms with Crippen molar-refractivity contribution in [3.8, 4) is 0 Å². The molecular formula is C14H14N5NaO6S2. The first-order chi connectivity index (χ1) is 12.8. The monoisotopic (exact) mass is 435 g/mol. The molecule has 1 saturated heterocycles. The van der Waals surface area contributed by atoms with Crippen molar-refractivity contribution < 1.29 is 58.6 Å². The van der Waals surface area contributed by atoms with Crippen molar-refractivity contribution in [1.82, 2.24) is 15.2 Å². The third-order valence-electron chi connectivity index (χ3n) is 3.86. The molecule has 0 bridgehead atoms. The number of nitrogens with two attached hydrogens (primary N) is 2. The number of rotatable bonds is 6. The molecule has 5 N–H and O–H groups in total. The van der Waals surface area contributed by atoms with Gasteiger partial charge in [0.2, 0.25) is 5.91 Å². The van der Waals surface area contributed by atoms with E-state index in [0.717, 1.165) is 4.90 Å². The van der Waals surface area contributed by atoms with E-state index in [4.69, 9.17) is 11.5 Å². The van der Waals surface area contributed by atoms with Crippen LogP contribution in [0, 0.1) is 0 Å². The van der Waals surface area contributed by atoms with Crippen LogP contribution in [0.3, 0.4) is 0 Å². The average molecular weight is 435 g/mol. The number of thiazole rings is 1. The molecule has 28 heavy (non-hydrogen) atoms. The minimum Gasteiger partial charge on any atom is -0.543 e. The molecular weight excluding hydrogens is 421 g/mol. The minimum atomic E-state index is -1.57. The Hall–Kier alpha value is -1.80. The maximum atomic E-state index is 12.4. The van der Waals surface area contributed by atoms with Crippen LogP contribution in [0.5, 0.6) is 0 Å². The number of nitrogen functional groups attached to an aromatic ring is 1. The van der Waals surface area contributed by atoms with Gasteiger partial charge in [0, 0.05) is 16.7 Å². The Kier molecular flexibility index (Phi) is 7.33. The molecule has 14 heteroatoms. The largest absolute Gasteiger partial charge is 1.00 e. The summed E-state index contributed by atoms with van der Waals surface area (Å²) in [6, 6.07) is -0.869. The van der Waals surface area contributed by atoms with Gasteiger partial charge in [-0.3, -0.25) is 14.5 Å². The summed E-state index contributed by atoms with van der Waals surface area (Å²) in [6.07, 6.45) is -1.11. The van der Waals surface area contributed by atoms with Crippen LogP contribution in [0.25, 0.3) is 0 Å². The number of primary amides is 1. The number of carboxylic acid groups (broad SMARTS) is 1. The smallest absolute Gasteiger partial charge is 0.543 e. The van der Waals surface area contributed by atoms with Crippen LogP contribution < -0.4 is 51.4 Å². The second-order valence-corrected chi connectivity index (χ2v) is 7.65. The van der Waals surface area contributed by atoms with Crippen molar-refractivity contribution in [2.45, 2.75) is 17.8 Å². The van der Waals surface area contributed by atoms with Crippen molar-refractivity contribution in [3.05, 3.63) is 22.3 Å². The fourth-order valence-electron chi connectivity index (χ4n) is 2.73. The average Bonchev–Trinajstić information content (AvgIpc) is 3.01. The summed E-state index contributed by atoms with van der Waals surface area (Å²) >= 11 is 2.43. The van der Waals surface area contributed by atoms with Crippen molar-refractivity contribution >= 4 is 52.1 Å². The summed E-state index contributed by atoms with van der Waals surface area (Å²) < 4.78 is 4.62. The molecule has 3 heterocycles. The van der Waals surface area contributed by atoms with Gasteiger partial charge in [0.1, 0.15) is 18.0 Å². The van der Waals surface area contributed by atoms with Crippen LogP contribution in [-0.2, 0) is 25.5 Å². The van der Waals surface area contributed by atoms with E-state index in [0.29, 0.717) is 10.8 Å². The Bertz CT molecular complexity index is 859. The number of β-lactam (4-membered cyclic amide) rings is 1. The van der Waals surface area contributed by atoms with Crippen LogP contribution >= 0.6 is 23.1 Å². The number of fused-ring (bicyclic) bond motifs is 1. The number of carbonyl (C=O) groups excluding carboxylic acids is 4. The number of carbonyl (C=O) groups is 4. The molecule has 1 aromatic rings. The van der Waals surface area contributed by atoms with Crippen LogP contribution in [0.4, 0.5) is 9.93 Å². The van der Waals surface area contributed by atoms with E-state index in [1.807, 2.05) is 0 Å². The SMILES string of the molecule is NC(=O)OCC1=C(C(=O)[O-])N2C(=O)C(NC(=O)Cc3csc(N)n3)[C@@H]2SC1.[Na+]. The number of carboxylic acids is 1. The number of nitrogens with one attached hydrogen (secondary N) is 1. The van der Waals surface area contributed by atoms with Gasteiger partial charge in [0.15, 0.2) is 5.13 Å². The number of amides is 3. The Morgan fingerprint density at radius 1 is 1.43 bits per heavy atom. The second-order valence-electron chi connectivity index (χ2n) is 5.66. The number of thioether (sulfide) groups is 1. The van der Waals surface area contributed by atoms with Gasteiger partial charge in [-0.2, -0.15) is 0 Å². The quantitative estimate of drug-likeness (QED) is 0.290. The molecule has 0 saturated carbocycles. The molecule has 2 atom stereocenters. The van der Waals surface area contributed by atoms with Crippen LogP contribution in [0.1, 0.15) is 5.69 Å². The molecule has 3 amide bonds. The van der Waals surface area contributed by atoms with E-state index in [1.165, 1.54) is 23.1 Å². The van der Waals surface area contributed by atoms with Gasteiger partial charge in [-0.15, -0.1) is 23.1 Å². The van der Waals surface area contributed by atoms with Gasteiger partial charge in [-0.1, -0.05) is 0 Å². The molecule has 1 unspecified atom stereocenters. The van der Waals surface area contributed by atoms with Crippen molar-refractivity contribution in [3.63, 3.8) is 0 Å². The van der Waals surface area contributed by atoms with E-state index < -0.39 is 35.3 Å². The van der Waals surface area contributed by atoms with Gasteiger partial charge in [0.25, 0.3) is 5.91 Å². The number of aromatic nitrogens is 1. The molecule has 0 aromatic carbocycles. The Morgan fingerprint density at radius 3 is 2.71 bits per heavy atom. The normalized spacial score (nSPS) is 20.6. The zero-order chi connectivity index (χ0) is 19.7. The maximum Gasteiger partial charge on any atom is 1.00 e. The van der Waals surface area contributed by atoms with E-state index in [1.54, 1.807) is 5.38 Å². The number of anilines is 1. The summed E-state index contributed by atoms with van der Waals surface area (Å²) in [7, 11) is 0. The van der Waals surface area contributed by atoms with E-state index >= 15 is 0 Å². The molecule has 3 rings (SSSR count). The first kappa shape index (κ1) is 22.5. The van der Waals surface area contributed by atoms with Crippen molar-refractivity contribution in [2.24, 2.45) is 5.73 Å². The number of aliphatic carboxylic acids is 1. The second kappa shape index (κ2) is 9.13. The fourth-order valence-corrected chi connectivity index (χ4v) is 4.62. The van der Waals surface area contributed by atoms with Crippen LogP contribution in [0.2, 0.25) is 0 Å². The number of ether oxygens (including phenoxy) is 1. The zero-order valence-electron chi connectivity index (χ0n) is 14.7. The van der Waals surface area contributed by atoms with Gasteiger partial charge >= 0.3 is 35.7 Å².